The van der Waals surface area contributed by atoms with Crippen LogP contribution in [0.4, 0.5) is 0 Å². The Morgan fingerprint density at radius 3 is 1.26 bits per heavy atom. The SMILES string of the molecule is CC1(C)CNC(C)(C)C(=O)NC(=O)C(=O)NC(=O)C(C)(C)NC1. The lowest BCUT2D eigenvalue weighted by molar-refractivity contribution is -0.146. The van der Waals surface area contributed by atoms with Crippen molar-refractivity contribution in [1.29, 1.82) is 0 Å². The summed E-state index contributed by atoms with van der Waals surface area (Å²) in [5, 5.41) is 10.2. The molecule has 1 saturated heterocycles. The van der Waals surface area contributed by atoms with E-state index in [-0.39, 0.29) is 5.41 Å². The summed E-state index contributed by atoms with van der Waals surface area (Å²) in [6, 6.07) is 0. The van der Waals surface area contributed by atoms with Crippen molar-refractivity contribution in [3.63, 3.8) is 0 Å². The summed E-state index contributed by atoms with van der Waals surface area (Å²) < 4.78 is 0. The number of imide groups is 2. The van der Waals surface area contributed by atoms with Crippen molar-refractivity contribution in [2.75, 3.05) is 13.1 Å². The summed E-state index contributed by atoms with van der Waals surface area (Å²) in [4.78, 5) is 47.8. The summed E-state index contributed by atoms with van der Waals surface area (Å²) in [6.45, 7) is 11.4. The van der Waals surface area contributed by atoms with Gasteiger partial charge in [0, 0.05) is 13.1 Å². The first-order valence-corrected chi connectivity index (χ1v) is 7.48. The van der Waals surface area contributed by atoms with Gasteiger partial charge in [0.1, 0.15) is 0 Å². The topological polar surface area (TPSA) is 116 Å². The molecule has 0 saturated carbocycles. The van der Waals surface area contributed by atoms with Crippen molar-refractivity contribution < 1.29 is 19.2 Å². The second kappa shape index (κ2) is 6.37. The van der Waals surface area contributed by atoms with E-state index in [9.17, 15) is 19.2 Å². The molecule has 1 aliphatic rings. The number of amides is 4. The highest BCUT2D eigenvalue weighted by Crippen LogP contribution is 2.17. The minimum absolute atomic E-state index is 0.267. The van der Waals surface area contributed by atoms with Crippen LogP contribution in [0.1, 0.15) is 41.5 Å². The van der Waals surface area contributed by atoms with Crippen LogP contribution in [-0.4, -0.2) is 47.8 Å². The van der Waals surface area contributed by atoms with E-state index in [0.29, 0.717) is 13.1 Å². The van der Waals surface area contributed by atoms with Gasteiger partial charge in [-0.05, 0) is 33.1 Å². The Balaban J connectivity index is 3.10. The van der Waals surface area contributed by atoms with Crippen molar-refractivity contribution >= 4 is 23.6 Å². The monoisotopic (exact) mass is 326 g/mol. The predicted octanol–water partition coefficient (Wildman–Crippen LogP) is -0.952. The first-order chi connectivity index (χ1) is 10.3. The highest BCUT2D eigenvalue weighted by Gasteiger charge is 2.36. The Hall–Kier alpha value is -1.80. The second-order valence-corrected chi connectivity index (χ2v) is 7.69. The maximum atomic E-state index is 12.1. The van der Waals surface area contributed by atoms with Gasteiger partial charge in [0.25, 0.3) is 0 Å². The molecule has 8 heteroatoms. The molecule has 8 nitrogen and oxygen atoms in total. The Morgan fingerprint density at radius 1 is 0.652 bits per heavy atom. The molecule has 0 spiro atoms. The van der Waals surface area contributed by atoms with Gasteiger partial charge in [-0.15, -0.1) is 0 Å². The number of rotatable bonds is 0. The predicted molar refractivity (Wildman–Crippen MR) is 84.2 cm³/mol. The van der Waals surface area contributed by atoms with Gasteiger partial charge in [-0.25, -0.2) is 0 Å². The smallest absolute Gasteiger partial charge is 0.303 e. The third kappa shape index (κ3) is 5.11. The molecule has 0 unspecified atom stereocenters. The molecule has 0 bridgehead atoms. The summed E-state index contributed by atoms with van der Waals surface area (Å²) in [7, 11) is 0. The molecule has 1 fully saturated rings. The summed E-state index contributed by atoms with van der Waals surface area (Å²) in [5.41, 5.74) is -2.35. The number of hydrogen-bond acceptors (Lipinski definition) is 6. The maximum absolute atomic E-state index is 12.1. The third-order valence-electron chi connectivity index (χ3n) is 3.81. The van der Waals surface area contributed by atoms with Crippen molar-refractivity contribution in [2.45, 2.75) is 52.6 Å². The molecule has 4 N–H and O–H groups in total. The first kappa shape index (κ1) is 19.2. The molecule has 0 atom stereocenters. The summed E-state index contributed by atoms with van der Waals surface area (Å²) >= 11 is 0. The van der Waals surface area contributed by atoms with Gasteiger partial charge in [0.2, 0.25) is 11.8 Å². The van der Waals surface area contributed by atoms with Gasteiger partial charge in [0.05, 0.1) is 11.1 Å². The van der Waals surface area contributed by atoms with Gasteiger partial charge < -0.3 is 10.6 Å². The summed E-state index contributed by atoms with van der Waals surface area (Å²) in [5.74, 6) is -3.58. The Kier molecular flexibility index (Phi) is 5.33. The largest absolute Gasteiger partial charge is 0.316 e. The molecule has 0 aliphatic carbocycles. The van der Waals surface area contributed by atoms with E-state index in [4.69, 9.17) is 0 Å². The van der Waals surface area contributed by atoms with Crippen LogP contribution in [0.2, 0.25) is 0 Å². The fourth-order valence-corrected chi connectivity index (χ4v) is 1.78. The van der Waals surface area contributed by atoms with Crippen LogP contribution in [0.3, 0.4) is 0 Å². The van der Waals surface area contributed by atoms with Crippen LogP contribution in [0.15, 0.2) is 0 Å². The average molecular weight is 326 g/mol. The van der Waals surface area contributed by atoms with E-state index >= 15 is 0 Å². The van der Waals surface area contributed by atoms with Crippen molar-refractivity contribution in [1.82, 2.24) is 21.3 Å². The second-order valence-electron chi connectivity index (χ2n) is 7.69. The zero-order valence-corrected chi connectivity index (χ0v) is 14.5. The van der Waals surface area contributed by atoms with Crippen LogP contribution in [0.25, 0.3) is 0 Å². The van der Waals surface area contributed by atoms with Crippen LogP contribution in [0.5, 0.6) is 0 Å². The van der Waals surface area contributed by atoms with E-state index < -0.39 is 34.7 Å². The highest BCUT2D eigenvalue weighted by atomic mass is 16.2. The first-order valence-electron chi connectivity index (χ1n) is 7.48. The summed E-state index contributed by atoms with van der Waals surface area (Å²) in [6.07, 6.45) is 0. The quantitative estimate of drug-likeness (QED) is 0.337. The zero-order valence-electron chi connectivity index (χ0n) is 14.5. The van der Waals surface area contributed by atoms with E-state index in [1.54, 1.807) is 27.7 Å². The van der Waals surface area contributed by atoms with Gasteiger partial charge >= 0.3 is 11.8 Å². The molecule has 0 aromatic rings. The van der Waals surface area contributed by atoms with Crippen LogP contribution >= 0.6 is 0 Å². The fraction of sp³-hybridized carbons (Fsp3) is 0.733. The van der Waals surface area contributed by atoms with Crippen LogP contribution in [-0.2, 0) is 19.2 Å². The van der Waals surface area contributed by atoms with Crippen molar-refractivity contribution in [3.8, 4) is 0 Å². The lowest BCUT2D eigenvalue weighted by atomic mass is 9.90. The number of hydrogen-bond donors (Lipinski definition) is 4. The lowest BCUT2D eigenvalue weighted by Gasteiger charge is -2.34. The number of carbonyl (C=O) groups is 4. The molecule has 0 aromatic carbocycles. The van der Waals surface area contributed by atoms with Gasteiger partial charge in [-0.1, -0.05) is 13.8 Å². The molecule has 0 radical (unpaired) electrons. The molecule has 130 valence electrons. The van der Waals surface area contributed by atoms with Crippen LogP contribution in [0, 0.1) is 5.41 Å². The minimum atomic E-state index is -1.16. The lowest BCUT2D eigenvalue weighted by Crippen LogP contribution is -2.58. The van der Waals surface area contributed by atoms with Crippen LogP contribution < -0.4 is 21.3 Å². The Morgan fingerprint density at radius 2 is 0.957 bits per heavy atom. The van der Waals surface area contributed by atoms with E-state index in [2.05, 4.69) is 10.6 Å². The van der Waals surface area contributed by atoms with Crippen molar-refractivity contribution in [2.24, 2.45) is 5.41 Å². The fourth-order valence-electron chi connectivity index (χ4n) is 1.78. The standard InChI is InChI=1S/C15H26N4O4/c1-13(2)7-16-14(3,4)11(22)18-9(20)10(21)19-12(23)15(5,6)17-8-13/h16-17H,7-8H2,1-6H3,(H,18,20,22)(H,19,21,23). The number of nitrogens with one attached hydrogen (secondary N) is 4. The average Bonchev–Trinajstić information content (AvgIpc) is 2.42. The highest BCUT2D eigenvalue weighted by molar-refractivity contribution is 6.40. The Bertz CT molecular complexity index is 492. The zero-order chi connectivity index (χ0) is 18.1. The van der Waals surface area contributed by atoms with E-state index in [0.717, 1.165) is 0 Å². The molecule has 1 aliphatic heterocycles. The normalized spacial score (nSPS) is 25.5. The molecule has 1 rings (SSSR count). The maximum Gasteiger partial charge on any atom is 0.316 e. The van der Waals surface area contributed by atoms with Crippen molar-refractivity contribution in [3.05, 3.63) is 0 Å². The molecule has 4 amide bonds. The molecular weight excluding hydrogens is 300 g/mol. The van der Waals surface area contributed by atoms with Gasteiger partial charge in [-0.3, -0.25) is 29.8 Å². The third-order valence-corrected chi connectivity index (χ3v) is 3.81. The molecule has 0 aromatic heterocycles. The minimum Gasteiger partial charge on any atom is -0.303 e. The van der Waals surface area contributed by atoms with E-state index in [1.807, 2.05) is 24.5 Å². The van der Waals surface area contributed by atoms with E-state index in [1.165, 1.54) is 0 Å². The molecular formula is C15H26N4O4. The molecule has 23 heavy (non-hydrogen) atoms. The molecule has 1 heterocycles. The Labute approximate surface area is 136 Å². The van der Waals surface area contributed by atoms with Gasteiger partial charge in [0.15, 0.2) is 0 Å². The van der Waals surface area contributed by atoms with Gasteiger partial charge in [-0.2, -0.15) is 0 Å². The number of carbonyl (C=O) groups excluding carboxylic acids is 4.